The summed E-state index contributed by atoms with van der Waals surface area (Å²) >= 11 is 0. The number of rotatable bonds is 2. The molecule has 0 saturated heterocycles. The highest BCUT2D eigenvalue weighted by Gasteiger charge is 2.39. The first-order valence-electron chi connectivity index (χ1n) is 4.92. The van der Waals surface area contributed by atoms with E-state index in [-0.39, 0.29) is 5.56 Å². The molecule has 1 aromatic rings. The highest BCUT2D eigenvalue weighted by Crippen LogP contribution is 2.24. The van der Waals surface area contributed by atoms with Gasteiger partial charge in [0.25, 0.3) is 11.8 Å². The highest BCUT2D eigenvalue weighted by atomic mass is 16.2. The molecule has 0 aromatic carbocycles. The van der Waals surface area contributed by atoms with Crippen LogP contribution in [0.15, 0.2) is 18.5 Å². The van der Waals surface area contributed by atoms with Gasteiger partial charge in [-0.1, -0.05) is 6.92 Å². The molecule has 1 aliphatic heterocycles. The molecule has 0 fully saturated rings. The van der Waals surface area contributed by atoms with Crippen molar-refractivity contribution in [3.05, 3.63) is 29.6 Å². The van der Waals surface area contributed by atoms with Gasteiger partial charge in [0.15, 0.2) is 0 Å². The Balaban J connectivity index is 2.47. The van der Waals surface area contributed by atoms with Crippen LogP contribution in [-0.4, -0.2) is 27.7 Å². The number of aromatic nitrogens is 1. The van der Waals surface area contributed by atoms with Crippen LogP contribution in [-0.2, 0) is 0 Å². The lowest BCUT2D eigenvalue weighted by molar-refractivity contribution is 0.0616. The molecular weight excluding hydrogens is 206 g/mol. The average molecular weight is 215 g/mol. The van der Waals surface area contributed by atoms with Crippen LogP contribution in [0.2, 0.25) is 0 Å². The summed E-state index contributed by atoms with van der Waals surface area (Å²) in [4.78, 5) is 28.6. The summed E-state index contributed by atoms with van der Waals surface area (Å²) in [6, 6.07) is 2.75. The SMILES string of the molecule is CCC(C#N)N1C(=O)c2ccncc2C1=O. The molecule has 1 aliphatic rings. The smallest absolute Gasteiger partial charge is 0.264 e. The fourth-order valence-corrected chi connectivity index (χ4v) is 1.72. The number of hydrogen-bond donors (Lipinski definition) is 0. The number of nitriles is 1. The molecule has 2 rings (SSSR count). The van der Waals surface area contributed by atoms with Gasteiger partial charge in [0, 0.05) is 12.4 Å². The molecule has 0 N–H and O–H groups in total. The third-order valence-electron chi connectivity index (χ3n) is 2.57. The Morgan fingerprint density at radius 2 is 2.12 bits per heavy atom. The summed E-state index contributed by atoms with van der Waals surface area (Å²) in [6.45, 7) is 1.76. The lowest BCUT2D eigenvalue weighted by Gasteiger charge is -2.17. The van der Waals surface area contributed by atoms with Crippen molar-refractivity contribution in [3.8, 4) is 6.07 Å². The summed E-state index contributed by atoms with van der Waals surface area (Å²) in [7, 11) is 0. The van der Waals surface area contributed by atoms with Crippen molar-refractivity contribution in [3.63, 3.8) is 0 Å². The Hall–Kier alpha value is -2.22. The number of hydrogen-bond acceptors (Lipinski definition) is 4. The third-order valence-corrected chi connectivity index (χ3v) is 2.57. The van der Waals surface area contributed by atoms with E-state index in [0.717, 1.165) is 4.90 Å². The summed E-state index contributed by atoms with van der Waals surface area (Å²) in [5.41, 5.74) is 0.606. The van der Waals surface area contributed by atoms with Crippen LogP contribution >= 0.6 is 0 Å². The fraction of sp³-hybridized carbons (Fsp3) is 0.273. The quantitative estimate of drug-likeness (QED) is 0.689. The first-order valence-corrected chi connectivity index (χ1v) is 4.92. The van der Waals surface area contributed by atoms with Crippen LogP contribution < -0.4 is 0 Å². The van der Waals surface area contributed by atoms with Gasteiger partial charge in [0.1, 0.15) is 6.04 Å². The number of carbonyl (C=O) groups is 2. The molecule has 0 spiro atoms. The third kappa shape index (κ3) is 1.27. The molecule has 2 amide bonds. The number of carbonyl (C=O) groups excluding carboxylic acids is 2. The molecule has 5 nitrogen and oxygen atoms in total. The first-order chi connectivity index (χ1) is 7.70. The van der Waals surface area contributed by atoms with E-state index in [2.05, 4.69) is 4.98 Å². The van der Waals surface area contributed by atoms with E-state index in [4.69, 9.17) is 5.26 Å². The van der Waals surface area contributed by atoms with Crippen molar-refractivity contribution >= 4 is 11.8 Å². The second kappa shape index (κ2) is 3.74. The first kappa shape index (κ1) is 10.3. The van der Waals surface area contributed by atoms with Gasteiger partial charge < -0.3 is 0 Å². The fourth-order valence-electron chi connectivity index (χ4n) is 1.72. The maximum Gasteiger partial charge on any atom is 0.264 e. The molecule has 0 saturated carbocycles. The van der Waals surface area contributed by atoms with E-state index in [1.165, 1.54) is 18.5 Å². The van der Waals surface area contributed by atoms with E-state index in [9.17, 15) is 9.59 Å². The van der Waals surface area contributed by atoms with Crippen molar-refractivity contribution in [1.82, 2.24) is 9.88 Å². The van der Waals surface area contributed by atoms with Crippen LogP contribution in [0.5, 0.6) is 0 Å². The minimum absolute atomic E-state index is 0.279. The van der Waals surface area contributed by atoms with E-state index in [1.807, 2.05) is 6.07 Å². The predicted molar refractivity (Wildman–Crippen MR) is 54.4 cm³/mol. The minimum atomic E-state index is -0.701. The molecular formula is C11H9N3O2. The topological polar surface area (TPSA) is 74.1 Å². The Morgan fingerprint density at radius 1 is 1.44 bits per heavy atom. The zero-order valence-electron chi connectivity index (χ0n) is 8.67. The summed E-state index contributed by atoms with van der Waals surface area (Å²) in [5.74, 6) is -0.836. The molecule has 0 aliphatic carbocycles. The molecule has 1 unspecified atom stereocenters. The van der Waals surface area contributed by atoms with Gasteiger partial charge in [0.2, 0.25) is 0 Å². The van der Waals surface area contributed by atoms with Gasteiger partial charge in [-0.25, -0.2) is 0 Å². The Kier molecular flexibility index (Phi) is 2.41. The van der Waals surface area contributed by atoms with Crippen LogP contribution in [0, 0.1) is 11.3 Å². The van der Waals surface area contributed by atoms with Crippen LogP contribution in [0.4, 0.5) is 0 Å². The molecule has 0 radical (unpaired) electrons. The number of pyridine rings is 1. The second-order valence-electron chi connectivity index (χ2n) is 3.45. The van der Waals surface area contributed by atoms with Gasteiger partial charge in [-0.3, -0.25) is 19.5 Å². The lowest BCUT2D eigenvalue weighted by Crippen LogP contribution is -2.38. The van der Waals surface area contributed by atoms with Gasteiger partial charge in [0.05, 0.1) is 17.2 Å². The predicted octanol–water partition coefficient (Wildman–Crippen LogP) is 0.980. The molecule has 80 valence electrons. The van der Waals surface area contributed by atoms with E-state index < -0.39 is 17.9 Å². The Bertz CT molecular complexity index is 469. The Morgan fingerprint density at radius 3 is 2.69 bits per heavy atom. The summed E-state index contributed by atoms with van der Waals surface area (Å²) in [6.07, 6.45) is 3.25. The van der Waals surface area contributed by atoms with E-state index >= 15 is 0 Å². The van der Waals surface area contributed by atoms with Crippen molar-refractivity contribution < 1.29 is 9.59 Å². The molecule has 0 bridgehead atoms. The normalized spacial score (nSPS) is 15.9. The molecule has 5 heteroatoms. The molecule has 16 heavy (non-hydrogen) atoms. The number of nitrogens with zero attached hydrogens (tertiary/aromatic N) is 3. The van der Waals surface area contributed by atoms with Crippen LogP contribution in [0.3, 0.4) is 0 Å². The van der Waals surface area contributed by atoms with E-state index in [0.29, 0.717) is 12.0 Å². The van der Waals surface area contributed by atoms with Crippen LogP contribution in [0.25, 0.3) is 0 Å². The largest absolute Gasteiger partial charge is 0.269 e. The Labute approximate surface area is 92.3 Å². The van der Waals surface area contributed by atoms with Gasteiger partial charge in [-0.2, -0.15) is 5.26 Å². The van der Waals surface area contributed by atoms with E-state index in [1.54, 1.807) is 6.92 Å². The average Bonchev–Trinajstić information content (AvgIpc) is 2.57. The molecule has 1 atom stereocenters. The number of fused-ring (bicyclic) bond motifs is 1. The number of amides is 2. The van der Waals surface area contributed by atoms with Crippen LogP contribution in [0.1, 0.15) is 34.1 Å². The molecule has 1 aromatic heterocycles. The van der Waals surface area contributed by atoms with Gasteiger partial charge in [-0.05, 0) is 12.5 Å². The van der Waals surface area contributed by atoms with Gasteiger partial charge >= 0.3 is 0 Å². The summed E-state index contributed by atoms with van der Waals surface area (Å²) < 4.78 is 0. The monoisotopic (exact) mass is 215 g/mol. The van der Waals surface area contributed by atoms with Gasteiger partial charge in [-0.15, -0.1) is 0 Å². The van der Waals surface area contributed by atoms with Crippen molar-refractivity contribution in [1.29, 1.82) is 5.26 Å². The highest BCUT2D eigenvalue weighted by molar-refractivity contribution is 6.21. The maximum absolute atomic E-state index is 11.9. The van der Waals surface area contributed by atoms with Crippen molar-refractivity contribution in [2.45, 2.75) is 19.4 Å². The standard InChI is InChI=1S/C11H9N3O2/c1-2-7(5-12)14-10(15)8-3-4-13-6-9(8)11(14)16/h3-4,6-7H,2H2,1H3. The maximum atomic E-state index is 11.9. The minimum Gasteiger partial charge on any atom is -0.269 e. The lowest BCUT2D eigenvalue weighted by atomic mass is 10.2. The second-order valence-corrected chi connectivity index (χ2v) is 3.45. The summed E-state index contributed by atoms with van der Waals surface area (Å²) in [5, 5.41) is 8.89. The number of imide groups is 1. The zero-order valence-corrected chi connectivity index (χ0v) is 8.67. The van der Waals surface area contributed by atoms with Crippen molar-refractivity contribution in [2.75, 3.05) is 0 Å². The van der Waals surface area contributed by atoms with Crippen molar-refractivity contribution in [2.24, 2.45) is 0 Å². The molecule has 2 heterocycles. The zero-order chi connectivity index (χ0) is 11.7.